The van der Waals surface area contributed by atoms with Crippen LogP contribution in [0.25, 0.3) is 0 Å². The fourth-order valence-corrected chi connectivity index (χ4v) is 3.06. The predicted molar refractivity (Wildman–Crippen MR) is 100 cm³/mol. The van der Waals surface area contributed by atoms with Crippen molar-refractivity contribution >= 4 is 29.3 Å². The minimum atomic E-state index is -0.740. The van der Waals surface area contributed by atoms with Crippen LogP contribution in [-0.4, -0.2) is 46.7 Å². The molecule has 3 rings (SSSR count). The van der Waals surface area contributed by atoms with Crippen LogP contribution in [0.4, 0.5) is 17.3 Å². The number of carboxylic acids is 1. The molecule has 0 aliphatic carbocycles. The smallest absolute Gasteiger partial charge is 0.340 e. The second-order valence-electron chi connectivity index (χ2n) is 6.25. The Morgan fingerprint density at radius 2 is 2.00 bits per heavy atom. The van der Waals surface area contributed by atoms with E-state index in [2.05, 4.69) is 15.3 Å². The van der Waals surface area contributed by atoms with E-state index in [0.29, 0.717) is 49.6 Å². The van der Waals surface area contributed by atoms with Crippen LogP contribution in [0.1, 0.15) is 30.1 Å². The van der Waals surface area contributed by atoms with E-state index in [9.17, 15) is 9.59 Å². The summed E-state index contributed by atoms with van der Waals surface area (Å²) in [5.41, 5.74) is 1.03. The van der Waals surface area contributed by atoms with Gasteiger partial charge in [0.2, 0.25) is 0 Å². The first-order chi connectivity index (χ1) is 13.1. The fourth-order valence-electron chi connectivity index (χ4n) is 3.06. The van der Waals surface area contributed by atoms with Crippen molar-refractivity contribution in [3.05, 3.63) is 42.2 Å². The summed E-state index contributed by atoms with van der Waals surface area (Å²) in [4.78, 5) is 33.8. The minimum Gasteiger partial charge on any atom is -0.481 e. The van der Waals surface area contributed by atoms with E-state index in [1.165, 1.54) is 6.33 Å². The Balaban J connectivity index is 1.74. The van der Waals surface area contributed by atoms with Gasteiger partial charge in [-0.2, -0.15) is 0 Å². The summed E-state index contributed by atoms with van der Waals surface area (Å²) < 4.78 is 5.09. The van der Waals surface area contributed by atoms with Gasteiger partial charge in [0.15, 0.2) is 0 Å². The highest BCUT2D eigenvalue weighted by Gasteiger charge is 2.25. The SMILES string of the molecule is CCOC(=O)c1ccccc1Nc1cc(N2CCC(C(=O)O)CC2)ncn1. The lowest BCUT2D eigenvalue weighted by Gasteiger charge is -2.31. The normalized spacial score (nSPS) is 14.6. The maximum atomic E-state index is 12.1. The van der Waals surface area contributed by atoms with E-state index >= 15 is 0 Å². The van der Waals surface area contributed by atoms with Crippen molar-refractivity contribution in [2.75, 3.05) is 29.9 Å². The molecule has 1 saturated heterocycles. The standard InChI is InChI=1S/C19H22N4O4/c1-2-27-19(26)14-5-3-4-6-15(14)22-16-11-17(21-12-20-16)23-9-7-13(8-10-23)18(24)25/h3-6,11-13H,2,7-10H2,1H3,(H,24,25)(H,20,21,22). The third kappa shape index (κ3) is 4.52. The Labute approximate surface area is 157 Å². The number of aliphatic carboxylic acids is 1. The maximum Gasteiger partial charge on any atom is 0.340 e. The number of piperidine rings is 1. The molecule has 2 N–H and O–H groups in total. The summed E-state index contributed by atoms with van der Waals surface area (Å²) in [5.74, 6) is -0.153. The molecule has 1 aliphatic rings. The zero-order valence-electron chi connectivity index (χ0n) is 15.1. The number of carbonyl (C=O) groups is 2. The molecule has 0 saturated carbocycles. The van der Waals surface area contributed by atoms with Crippen LogP contribution in [0, 0.1) is 5.92 Å². The summed E-state index contributed by atoms with van der Waals surface area (Å²) in [7, 11) is 0. The fraction of sp³-hybridized carbons (Fsp3) is 0.368. The van der Waals surface area contributed by atoms with Crippen LogP contribution >= 0.6 is 0 Å². The summed E-state index contributed by atoms with van der Waals surface area (Å²) in [5, 5.41) is 12.3. The molecule has 1 aromatic carbocycles. The Bertz CT molecular complexity index is 819. The van der Waals surface area contributed by atoms with Crippen molar-refractivity contribution in [1.29, 1.82) is 0 Å². The summed E-state index contributed by atoms with van der Waals surface area (Å²) in [6, 6.07) is 8.87. The number of benzene rings is 1. The third-order valence-corrected chi connectivity index (χ3v) is 4.51. The summed E-state index contributed by atoms with van der Waals surface area (Å²) in [6.07, 6.45) is 2.63. The Morgan fingerprint density at radius 3 is 2.70 bits per heavy atom. The van der Waals surface area contributed by atoms with E-state index in [-0.39, 0.29) is 5.92 Å². The first-order valence-corrected chi connectivity index (χ1v) is 8.91. The molecule has 0 radical (unpaired) electrons. The van der Waals surface area contributed by atoms with E-state index in [1.54, 1.807) is 31.2 Å². The Morgan fingerprint density at radius 1 is 1.26 bits per heavy atom. The van der Waals surface area contributed by atoms with Crippen molar-refractivity contribution in [2.45, 2.75) is 19.8 Å². The molecular weight excluding hydrogens is 348 g/mol. The minimum absolute atomic E-state index is 0.294. The van der Waals surface area contributed by atoms with Crippen LogP contribution in [0.5, 0.6) is 0 Å². The largest absolute Gasteiger partial charge is 0.481 e. The van der Waals surface area contributed by atoms with Crippen molar-refractivity contribution in [3.8, 4) is 0 Å². The number of hydrogen-bond donors (Lipinski definition) is 2. The first kappa shape index (κ1) is 18.6. The average molecular weight is 370 g/mol. The molecular formula is C19H22N4O4. The predicted octanol–water partition coefficient (Wildman–Crippen LogP) is 2.70. The number of aromatic nitrogens is 2. The highest BCUT2D eigenvalue weighted by atomic mass is 16.5. The first-order valence-electron chi connectivity index (χ1n) is 8.91. The lowest BCUT2D eigenvalue weighted by Crippen LogP contribution is -2.36. The van der Waals surface area contributed by atoms with Gasteiger partial charge in [-0.05, 0) is 31.9 Å². The monoisotopic (exact) mass is 370 g/mol. The summed E-state index contributed by atoms with van der Waals surface area (Å²) >= 11 is 0. The van der Waals surface area contributed by atoms with Crippen molar-refractivity contribution in [3.63, 3.8) is 0 Å². The molecule has 1 aromatic heterocycles. The lowest BCUT2D eigenvalue weighted by atomic mass is 9.97. The van der Waals surface area contributed by atoms with Crippen molar-refractivity contribution < 1.29 is 19.4 Å². The van der Waals surface area contributed by atoms with Crippen LogP contribution in [-0.2, 0) is 9.53 Å². The lowest BCUT2D eigenvalue weighted by molar-refractivity contribution is -0.142. The molecule has 27 heavy (non-hydrogen) atoms. The van der Waals surface area contributed by atoms with E-state index < -0.39 is 11.9 Å². The van der Waals surface area contributed by atoms with Gasteiger partial charge in [-0.1, -0.05) is 12.1 Å². The molecule has 1 fully saturated rings. The number of carbonyl (C=O) groups excluding carboxylic acids is 1. The van der Waals surface area contributed by atoms with Crippen molar-refractivity contribution in [1.82, 2.24) is 9.97 Å². The molecule has 142 valence electrons. The number of para-hydroxylation sites is 1. The highest BCUT2D eigenvalue weighted by molar-refractivity contribution is 5.96. The van der Waals surface area contributed by atoms with E-state index in [0.717, 1.165) is 5.82 Å². The van der Waals surface area contributed by atoms with Gasteiger partial charge in [-0.15, -0.1) is 0 Å². The molecule has 0 unspecified atom stereocenters. The number of anilines is 3. The number of nitrogens with zero attached hydrogens (tertiary/aromatic N) is 3. The molecule has 8 nitrogen and oxygen atoms in total. The average Bonchev–Trinajstić information content (AvgIpc) is 2.69. The number of esters is 1. The molecule has 0 amide bonds. The number of nitrogens with one attached hydrogen (secondary N) is 1. The molecule has 0 atom stereocenters. The maximum absolute atomic E-state index is 12.1. The van der Waals surface area contributed by atoms with Crippen LogP contribution in [0.2, 0.25) is 0 Å². The Hall–Kier alpha value is -3.16. The molecule has 0 bridgehead atoms. The van der Waals surface area contributed by atoms with Crippen molar-refractivity contribution in [2.24, 2.45) is 5.92 Å². The number of rotatable bonds is 6. The topological polar surface area (TPSA) is 105 Å². The molecule has 8 heteroatoms. The van der Waals surface area contributed by atoms with E-state index in [1.807, 2.05) is 11.0 Å². The van der Waals surface area contributed by atoms with E-state index in [4.69, 9.17) is 9.84 Å². The quantitative estimate of drug-likeness (QED) is 0.748. The van der Waals surface area contributed by atoms with Gasteiger partial charge in [0.1, 0.15) is 18.0 Å². The van der Waals surface area contributed by atoms with Crippen LogP contribution in [0.15, 0.2) is 36.7 Å². The number of carboxylic acid groups (broad SMARTS) is 1. The summed E-state index contributed by atoms with van der Waals surface area (Å²) in [6.45, 7) is 3.33. The zero-order chi connectivity index (χ0) is 19.2. The van der Waals surface area contributed by atoms with Gasteiger partial charge in [-0.3, -0.25) is 4.79 Å². The molecule has 2 heterocycles. The van der Waals surface area contributed by atoms with Crippen LogP contribution < -0.4 is 10.2 Å². The van der Waals surface area contributed by atoms with Gasteiger partial charge >= 0.3 is 11.9 Å². The van der Waals surface area contributed by atoms with Crippen LogP contribution in [0.3, 0.4) is 0 Å². The second-order valence-corrected chi connectivity index (χ2v) is 6.25. The molecule has 2 aromatic rings. The zero-order valence-corrected chi connectivity index (χ0v) is 15.1. The van der Waals surface area contributed by atoms with Gasteiger partial charge < -0.3 is 20.1 Å². The van der Waals surface area contributed by atoms with Gasteiger partial charge in [0.05, 0.1) is 23.8 Å². The van der Waals surface area contributed by atoms with Gasteiger partial charge in [0, 0.05) is 19.2 Å². The number of hydrogen-bond acceptors (Lipinski definition) is 7. The molecule has 0 spiro atoms. The molecule has 1 aliphatic heterocycles. The Kier molecular flexibility index (Phi) is 5.85. The van der Waals surface area contributed by atoms with Gasteiger partial charge in [0.25, 0.3) is 0 Å². The van der Waals surface area contributed by atoms with Gasteiger partial charge in [-0.25, -0.2) is 14.8 Å². The highest BCUT2D eigenvalue weighted by Crippen LogP contribution is 2.25. The number of ether oxygens (including phenoxy) is 1. The third-order valence-electron chi connectivity index (χ3n) is 4.51. The second kappa shape index (κ2) is 8.48.